The van der Waals surface area contributed by atoms with Crippen LogP contribution in [0, 0.1) is 23.7 Å². The fourth-order valence-corrected chi connectivity index (χ4v) is 15.4. The summed E-state index contributed by atoms with van der Waals surface area (Å²) in [5.41, 5.74) is -2.04. The van der Waals surface area contributed by atoms with Gasteiger partial charge < -0.3 is 64.8 Å². The van der Waals surface area contributed by atoms with Gasteiger partial charge in [0.25, 0.3) is 0 Å². The van der Waals surface area contributed by atoms with Crippen LogP contribution in [0.1, 0.15) is 174 Å². The molecule has 0 unspecified atom stereocenters. The van der Waals surface area contributed by atoms with E-state index in [0.29, 0.717) is 44.1 Å². The average Bonchev–Trinajstić information content (AvgIpc) is 1.36. The minimum atomic E-state index is -4.62. The molecule has 6 fully saturated rings. The number of morpholine rings is 1. The van der Waals surface area contributed by atoms with Crippen LogP contribution in [0.4, 0.5) is 13.2 Å². The van der Waals surface area contributed by atoms with Crippen LogP contribution in [0.3, 0.4) is 0 Å². The fourth-order valence-electron chi connectivity index (χ4n) is 15.4. The van der Waals surface area contributed by atoms with E-state index in [4.69, 9.17) is 4.74 Å². The van der Waals surface area contributed by atoms with E-state index in [-0.39, 0.29) is 89.6 Å². The highest BCUT2D eigenvalue weighted by Gasteiger charge is 2.51. The predicted molar refractivity (Wildman–Crippen MR) is 366 cm³/mol. The molecule has 3 N–H and O–H groups in total. The van der Waals surface area contributed by atoms with Gasteiger partial charge in [-0.05, 0) is 106 Å². The summed E-state index contributed by atoms with van der Waals surface area (Å²) in [4.78, 5) is 191. The molecule has 0 radical (unpaired) electrons. The second kappa shape index (κ2) is 36.0. The van der Waals surface area contributed by atoms with Gasteiger partial charge in [0.2, 0.25) is 70.9 Å². The molecule has 7 rings (SSSR count). The van der Waals surface area contributed by atoms with Gasteiger partial charge in [-0.25, -0.2) is 0 Å². The lowest BCUT2D eigenvalue weighted by Crippen LogP contribution is -2.65. The monoisotopic (exact) mass is 1410 g/mol. The number of carbonyl (C=O) groups is 12. The molecule has 3 aliphatic carbocycles. The zero-order valence-electron chi connectivity index (χ0n) is 60.8. The van der Waals surface area contributed by atoms with Crippen molar-refractivity contribution in [1.29, 1.82) is 0 Å². The molecule has 6 aliphatic rings. The molecule has 1 spiro atoms. The van der Waals surface area contributed by atoms with Crippen molar-refractivity contribution in [2.75, 3.05) is 102 Å². The SMILES string of the molecule is CC[C@H](C)[C@@H]1NC(=O)[C@H](CC(C)C)N(C)C(=O)C[C@@H](C(=O)N2CCOCC2)N(C)C(=O)[C@H](C2CCCCC2)N(C)C(=O)C2(CCCC2)NC(=O)[C@@H]2CCCN2C(=O)[C@H](CCc2ccc(C(F)(F)F)cc2)NC(=O)CN(C)C(=O)[C@H](CC2CCCCC2)N(C)C(=O)CN(C)C(=O)CN(C)C1=O. The normalized spacial score (nSPS) is 26.9. The first-order valence-corrected chi connectivity index (χ1v) is 36.3. The molecule has 12 amide bonds. The van der Waals surface area contributed by atoms with Gasteiger partial charge in [0.05, 0.1) is 44.8 Å². The number of hydrogen-bond acceptors (Lipinski definition) is 13. The first kappa shape index (κ1) is 79.9. The number of likely N-dealkylation sites (N-methyl/N-ethyl adjacent to an activating group) is 7. The molecule has 25 nitrogen and oxygen atoms in total. The Hall–Kier alpha value is -7.39. The lowest BCUT2D eigenvalue weighted by atomic mass is 9.81. The first-order valence-electron chi connectivity index (χ1n) is 36.3. The lowest BCUT2D eigenvalue weighted by molar-refractivity contribution is -0.158. The van der Waals surface area contributed by atoms with E-state index in [1.807, 2.05) is 20.8 Å². The van der Waals surface area contributed by atoms with Gasteiger partial charge >= 0.3 is 6.18 Å². The van der Waals surface area contributed by atoms with Crippen molar-refractivity contribution >= 4 is 70.9 Å². The predicted octanol–water partition coefficient (Wildman–Crippen LogP) is 4.62. The molecule has 558 valence electrons. The maximum atomic E-state index is 15.8. The molecule has 1 aromatic carbocycles. The van der Waals surface area contributed by atoms with Crippen LogP contribution < -0.4 is 16.0 Å². The van der Waals surface area contributed by atoms with Gasteiger partial charge in [0.15, 0.2) is 0 Å². The van der Waals surface area contributed by atoms with Crippen LogP contribution in [-0.4, -0.2) is 265 Å². The highest BCUT2D eigenvalue weighted by Crippen LogP contribution is 2.38. The number of hydrogen-bond donors (Lipinski definition) is 3. The zero-order valence-corrected chi connectivity index (χ0v) is 60.8. The molecule has 3 saturated heterocycles. The number of aryl methyl sites for hydroxylation is 1. The van der Waals surface area contributed by atoms with Gasteiger partial charge in [0, 0.05) is 69.0 Å². The summed E-state index contributed by atoms with van der Waals surface area (Å²) in [6, 6.07) is -4.32. The third-order valence-corrected chi connectivity index (χ3v) is 21.9. The van der Waals surface area contributed by atoms with Crippen LogP contribution >= 0.6 is 0 Å². The molecule has 3 heterocycles. The summed E-state index contributed by atoms with van der Waals surface area (Å²) in [7, 11) is 9.99. The summed E-state index contributed by atoms with van der Waals surface area (Å²) in [5.74, 6) is -8.78. The Morgan fingerprint density at radius 2 is 1.20 bits per heavy atom. The van der Waals surface area contributed by atoms with Crippen molar-refractivity contribution in [3.8, 4) is 0 Å². The number of benzene rings is 1. The van der Waals surface area contributed by atoms with E-state index in [0.717, 1.165) is 78.2 Å². The molecule has 1 aromatic rings. The van der Waals surface area contributed by atoms with Crippen LogP contribution in [0.15, 0.2) is 24.3 Å². The van der Waals surface area contributed by atoms with Gasteiger partial charge in [-0.15, -0.1) is 0 Å². The molecule has 3 saturated carbocycles. The summed E-state index contributed by atoms with van der Waals surface area (Å²) < 4.78 is 46.7. The van der Waals surface area contributed by atoms with E-state index in [2.05, 4.69) is 16.0 Å². The average molecular weight is 1410 g/mol. The van der Waals surface area contributed by atoms with E-state index >= 15 is 28.8 Å². The largest absolute Gasteiger partial charge is 0.416 e. The highest BCUT2D eigenvalue weighted by atomic mass is 19.4. The van der Waals surface area contributed by atoms with Gasteiger partial charge in [-0.3, -0.25) is 57.5 Å². The fraction of sp³-hybridized carbons (Fsp3) is 0.750. The second-order valence-corrected chi connectivity index (χ2v) is 29.6. The molecular weight excluding hydrogens is 1300 g/mol. The number of carbonyl (C=O) groups excluding carboxylic acids is 12. The van der Waals surface area contributed by atoms with Crippen molar-refractivity contribution in [1.82, 2.24) is 60.0 Å². The number of fused-ring (bicyclic) bond motifs is 1. The van der Waals surface area contributed by atoms with Crippen molar-refractivity contribution in [3.05, 3.63) is 35.4 Å². The number of alkyl halides is 3. The highest BCUT2D eigenvalue weighted by molar-refractivity contribution is 6.00. The Labute approximate surface area is 588 Å². The van der Waals surface area contributed by atoms with Crippen molar-refractivity contribution in [2.45, 2.75) is 223 Å². The maximum Gasteiger partial charge on any atom is 0.416 e. The molecular formula is C72H111F3N12O13. The minimum absolute atomic E-state index is 0.000727. The van der Waals surface area contributed by atoms with Crippen LogP contribution in [0.5, 0.6) is 0 Å². The van der Waals surface area contributed by atoms with E-state index < -0.39 is 168 Å². The van der Waals surface area contributed by atoms with E-state index in [1.165, 1.54) is 90.9 Å². The number of nitrogens with one attached hydrogen (secondary N) is 3. The summed E-state index contributed by atoms with van der Waals surface area (Å²) in [6.45, 7) is 6.43. The Kier molecular flexibility index (Phi) is 28.7. The minimum Gasteiger partial charge on any atom is -0.378 e. The maximum absolute atomic E-state index is 15.8. The molecule has 0 aromatic heterocycles. The van der Waals surface area contributed by atoms with Gasteiger partial charge in [-0.2, -0.15) is 13.2 Å². The smallest absolute Gasteiger partial charge is 0.378 e. The third kappa shape index (κ3) is 20.2. The van der Waals surface area contributed by atoms with Crippen molar-refractivity contribution < 1.29 is 75.4 Å². The van der Waals surface area contributed by atoms with E-state index in [9.17, 15) is 41.9 Å². The van der Waals surface area contributed by atoms with Crippen LogP contribution in [0.25, 0.3) is 0 Å². The van der Waals surface area contributed by atoms with E-state index in [1.54, 1.807) is 6.92 Å². The Morgan fingerprint density at radius 3 is 1.80 bits per heavy atom. The molecule has 8 atom stereocenters. The number of halogens is 3. The summed E-state index contributed by atoms with van der Waals surface area (Å²) in [5, 5.41) is 8.78. The summed E-state index contributed by atoms with van der Waals surface area (Å²) in [6.07, 6.45) is 5.10. The van der Waals surface area contributed by atoms with Crippen LogP contribution in [-0.2, 0) is 74.9 Å². The molecule has 100 heavy (non-hydrogen) atoms. The van der Waals surface area contributed by atoms with Crippen LogP contribution in [0.2, 0.25) is 0 Å². The number of ether oxygens (including phenoxy) is 1. The van der Waals surface area contributed by atoms with Gasteiger partial charge in [0.1, 0.15) is 47.8 Å². The number of nitrogens with zero attached hydrogens (tertiary/aromatic N) is 9. The molecule has 28 heteroatoms. The zero-order chi connectivity index (χ0) is 73.5. The van der Waals surface area contributed by atoms with Crippen molar-refractivity contribution in [3.63, 3.8) is 0 Å². The Balaban J connectivity index is 1.28. The Morgan fingerprint density at radius 1 is 0.610 bits per heavy atom. The molecule has 3 aliphatic heterocycles. The van der Waals surface area contributed by atoms with Gasteiger partial charge in [-0.1, -0.05) is 110 Å². The molecule has 0 bridgehead atoms. The quantitative estimate of drug-likeness (QED) is 0.273. The van der Waals surface area contributed by atoms with Crippen molar-refractivity contribution in [2.24, 2.45) is 23.7 Å². The first-order chi connectivity index (χ1) is 47.3. The second-order valence-electron chi connectivity index (χ2n) is 29.6. The third-order valence-electron chi connectivity index (χ3n) is 21.9. The summed E-state index contributed by atoms with van der Waals surface area (Å²) >= 11 is 0. The Bertz CT molecular complexity index is 3060. The topological polar surface area (TPSA) is 279 Å². The number of amides is 12. The lowest BCUT2D eigenvalue weighted by Gasteiger charge is -2.43. The number of rotatable bonds is 11. The standard InChI is InChI=1S/C72H111F3N12O13/c1-12-47(4)61-68(97)81(7)44-59(90)79(5)45-60(91)83(9)55(41-49-22-15-13-16-23-49)66(95)80(6)43-57(88)76-52(32-29-48-27-30-51(31-28-48)72(73,74)75)65(94)87-35-21-26-53(87)64(93)78-71(33-19-20-34-71)70(99)85(11)62(50-24-17-14-18-25-50)69(98)84(10)56(67(96)86-36-38-100-39-37-86)42-58(89)82(8)54(40-46(2)3)63(92)77-61/h27-28,30-31,46-47,49-50,52-56,61-62H,12-26,29,32-45H2,1-11H3,(H,76,88)(H,77,92)(H,78,93)/t47-,52-,53-,54-,55-,56-,61-,62-/m0/s1.